The van der Waals surface area contributed by atoms with Gasteiger partial charge in [-0.05, 0) is 93.3 Å². The van der Waals surface area contributed by atoms with E-state index in [2.05, 4.69) is 26.8 Å². The standard InChI is InChI=1S/C27H29F2NO/c1-16(2)6-5-7-19-14-30-27-18(4)12-24(25-17(3)8-10-22(19)26(25)27)31-15-20-13-21(28)9-11-23(20)29/h6,9,11-14,17H,5,7-8,10,15H2,1-4H3/t17-/m1/s1. The van der Waals surface area contributed by atoms with Gasteiger partial charge >= 0.3 is 0 Å². The number of pyridine rings is 1. The summed E-state index contributed by atoms with van der Waals surface area (Å²) in [5.41, 5.74) is 7.42. The van der Waals surface area contributed by atoms with E-state index in [-0.39, 0.29) is 12.2 Å². The molecule has 0 fully saturated rings. The molecular weight excluding hydrogens is 392 g/mol. The number of allylic oxidation sites excluding steroid dienone is 2. The van der Waals surface area contributed by atoms with E-state index < -0.39 is 11.6 Å². The summed E-state index contributed by atoms with van der Waals surface area (Å²) in [4.78, 5) is 4.82. The van der Waals surface area contributed by atoms with Crippen LogP contribution >= 0.6 is 0 Å². The maximum Gasteiger partial charge on any atom is 0.130 e. The van der Waals surface area contributed by atoms with Crippen molar-refractivity contribution in [3.8, 4) is 5.75 Å². The molecule has 0 unspecified atom stereocenters. The fourth-order valence-electron chi connectivity index (χ4n) is 4.58. The molecule has 1 aromatic heterocycles. The maximum absolute atomic E-state index is 14.1. The summed E-state index contributed by atoms with van der Waals surface area (Å²) < 4.78 is 33.8. The maximum atomic E-state index is 14.1. The fraction of sp³-hybridized carbons (Fsp3) is 0.370. The van der Waals surface area contributed by atoms with Gasteiger partial charge in [0.25, 0.3) is 0 Å². The van der Waals surface area contributed by atoms with Gasteiger partial charge in [-0.2, -0.15) is 0 Å². The molecule has 31 heavy (non-hydrogen) atoms. The van der Waals surface area contributed by atoms with Crippen LogP contribution < -0.4 is 4.74 Å². The predicted molar refractivity (Wildman–Crippen MR) is 122 cm³/mol. The molecule has 0 amide bonds. The Morgan fingerprint density at radius 2 is 2.00 bits per heavy atom. The van der Waals surface area contributed by atoms with Gasteiger partial charge < -0.3 is 4.74 Å². The second kappa shape index (κ2) is 8.78. The quantitative estimate of drug-likeness (QED) is 0.388. The SMILES string of the molecule is CC(C)=CCCc1cnc2c(C)cc(OCc3cc(F)ccc3F)c3c2c1CC[C@H]3C. The molecule has 4 heteroatoms. The minimum atomic E-state index is -0.461. The van der Waals surface area contributed by atoms with Crippen LogP contribution in [0.4, 0.5) is 8.78 Å². The van der Waals surface area contributed by atoms with Gasteiger partial charge in [0.2, 0.25) is 0 Å². The molecule has 4 rings (SSSR count). The minimum Gasteiger partial charge on any atom is -0.488 e. The normalized spacial score (nSPS) is 15.2. The zero-order valence-corrected chi connectivity index (χ0v) is 18.7. The molecule has 1 aliphatic rings. The molecule has 0 N–H and O–H groups in total. The van der Waals surface area contributed by atoms with Crippen LogP contribution in [0, 0.1) is 18.6 Å². The van der Waals surface area contributed by atoms with E-state index in [0.717, 1.165) is 60.2 Å². The number of aryl methyl sites for hydroxylation is 3. The van der Waals surface area contributed by atoms with E-state index in [1.165, 1.54) is 28.2 Å². The van der Waals surface area contributed by atoms with Crippen molar-refractivity contribution < 1.29 is 13.5 Å². The molecule has 2 aromatic carbocycles. The van der Waals surface area contributed by atoms with E-state index in [1.54, 1.807) is 0 Å². The number of hydrogen-bond donors (Lipinski definition) is 0. The van der Waals surface area contributed by atoms with Crippen LogP contribution in [0.5, 0.6) is 5.75 Å². The number of nitrogens with zero attached hydrogens (tertiary/aromatic N) is 1. The second-order valence-electron chi connectivity index (χ2n) is 8.88. The lowest BCUT2D eigenvalue weighted by molar-refractivity contribution is 0.294. The average molecular weight is 422 g/mol. The van der Waals surface area contributed by atoms with Crippen LogP contribution in [0.2, 0.25) is 0 Å². The zero-order valence-electron chi connectivity index (χ0n) is 18.7. The molecule has 0 saturated heterocycles. The molecule has 0 radical (unpaired) electrons. The molecule has 0 bridgehead atoms. The van der Waals surface area contributed by atoms with Crippen LogP contribution in [-0.2, 0) is 19.4 Å². The first-order valence-electron chi connectivity index (χ1n) is 11.0. The van der Waals surface area contributed by atoms with Gasteiger partial charge in [0.15, 0.2) is 0 Å². The third-order valence-corrected chi connectivity index (χ3v) is 6.21. The van der Waals surface area contributed by atoms with Gasteiger partial charge in [-0.15, -0.1) is 0 Å². The largest absolute Gasteiger partial charge is 0.488 e. The summed E-state index contributed by atoms with van der Waals surface area (Å²) in [5, 5.41) is 1.20. The highest BCUT2D eigenvalue weighted by atomic mass is 19.1. The van der Waals surface area contributed by atoms with Crippen LogP contribution in [-0.4, -0.2) is 4.98 Å². The molecule has 1 aliphatic carbocycles. The highest BCUT2D eigenvalue weighted by molar-refractivity contribution is 5.92. The first kappa shape index (κ1) is 21.5. The lowest BCUT2D eigenvalue weighted by atomic mass is 9.80. The van der Waals surface area contributed by atoms with E-state index in [0.29, 0.717) is 5.92 Å². The van der Waals surface area contributed by atoms with Gasteiger partial charge in [0, 0.05) is 22.7 Å². The Labute approximate surface area is 183 Å². The number of aromatic nitrogens is 1. The lowest BCUT2D eigenvalue weighted by Gasteiger charge is -2.28. The number of halogens is 2. The molecule has 162 valence electrons. The summed E-state index contributed by atoms with van der Waals surface area (Å²) >= 11 is 0. The van der Waals surface area contributed by atoms with Crippen molar-refractivity contribution >= 4 is 10.9 Å². The highest BCUT2D eigenvalue weighted by Gasteiger charge is 2.26. The van der Waals surface area contributed by atoms with Gasteiger partial charge in [-0.3, -0.25) is 4.98 Å². The lowest BCUT2D eigenvalue weighted by Crippen LogP contribution is -2.13. The van der Waals surface area contributed by atoms with Crippen molar-refractivity contribution in [1.29, 1.82) is 0 Å². The first-order valence-corrected chi connectivity index (χ1v) is 11.0. The number of ether oxygens (including phenoxy) is 1. The second-order valence-corrected chi connectivity index (χ2v) is 8.88. The first-order chi connectivity index (χ1) is 14.8. The fourth-order valence-corrected chi connectivity index (χ4v) is 4.58. The Balaban J connectivity index is 1.76. The smallest absolute Gasteiger partial charge is 0.130 e. The van der Waals surface area contributed by atoms with E-state index >= 15 is 0 Å². The Morgan fingerprint density at radius 3 is 2.77 bits per heavy atom. The third kappa shape index (κ3) is 4.34. The molecule has 3 aromatic rings. The highest BCUT2D eigenvalue weighted by Crippen LogP contribution is 2.44. The molecular formula is C27H29F2NO. The molecule has 0 spiro atoms. The molecule has 2 nitrogen and oxygen atoms in total. The van der Waals surface area contributed by atoms with Gasteiger partial charge in [-0.1, -0.05) is 18.6 Å². The number of hydrogen-bond acceptors (Lipinski definition) is 2. The Bertz CT molecular complexity index is 1160. The van der Waals surface area contributed by atoms with Crippen LogP contribution in [0.15, 0.2) is 42.1 Å². The summed E-state index contributed by atoms with van der Waals surface area (Å²) in [6, 6.07) is 5.47. The van der Waals surface area contributed by atoms with Crippen molar-refractivity contribution in [1.82, 2.24) is 4.98 Å². The zero-order chi connectivity index (χ0) is 22.1. The number of benzene rings is 2. The third-order valence-electron chi connectivity index (χ3n) is 6.21. The summed E-state index contributed by atoms with van der Waals surface area (Å²) in [6.45, 7) is 8.48. The monoisotopic (exact) mass is 421 g/mol. The van der Waals surface area contributed by atoms with E-state index in [4.69, 9.17) is 9.72 Å². The molecule has 1 atom stereocenters. The summed E-state index contributed by atoms with van der Waals surface area (Å²) in [6.07, 6.45) is 8.33. The predicted octanol–water partition coefficient (Wildman–Crippen LogP) is 7.35. The molecule has 1 heterocycles. The van der Waals surface area contributed by atoms with Crippen LogP contribution in [0.1, 0.15) is 67.3 Å². The van der Waals surface area contributed by atoms with E-state index in [1.807, 2.05) is 19.2 Å². The van der Waals surface area contributed by atoms with E-state index in [9.17, 15) is 8.78 Å². The minimum absolute atomic E-state index is 0.00269. The van der Waals surface area contributed by atoms with Crippen molar-refractivity contribution in [3.63, 3.8) is 0 Å². The van der Waals surface area contributed by atoms with Gasteiger partial charge in [0.05, 0.1) is 5.52 Å². The Kier molecular flexibility index (Phi) is 6.08. The Morgan fingerprint density at radius 1 is 1.19 bits per heavy atom. The van der Waals surface area contributed by atoms with Crippen molar-refractivity contribution in [2.45, 2.75) is 65.9 Å². The van der Waals surface area contributed by atoms with Crippen LogP contribution in [0.25, 0.3) is 10.9 Å². The van der Waals surface area contributed by atoms with Crippen LogP contribution in [0.3, 0.4) is 0 Å². The number of rotatable bonds is 6. The van der Waals surface area contributed by atoms with Gasteiger partial charge in [-0.25, -0.2) is 8.78 Å². The van der Waals surface area contributed by atoms with Crippen molar-refractivity contribution in [3.05, 3.63) is 81.6 Å². The Hall–Kier alpha value is -2.75. The topological polar surface area (TPSA) is 22.1 Å². The summed E-state index contributed by atoms with van der Waals surface area (Å²) in [5.74, 6) is 0.157. The van der Waals surface area contributed by atoms with Crippen molar-refractivity contribution in [2.75, 3.05) is 0 Å². The average Bonchev–Trinajstić information content (AvgIpc) is 2.73. The molecule has 0 saturated carbocycles. The van der Waals surface area contributed by atoms with Gasteiger partial charge in [0.1, 0.15) is 24.0 Å². The molecule has 0 aliphatic heterocycles. The summed E-state index contributed by atoms with van der Waals surface area (Å²) in [7, 11) is 0. The van der Waals surface area contributed by atoms with Crippen molar-refractivity contribution in [2.24, 2.45) is 0 Å².